The Morgan fingerprint density at radius 3 is 2.65 bits per heavy atom. The highest BCUT2D eigenvalue weighted by Gasteiger charge is 2.21. The second-order valence-corrected chi connectivity index (χ2v) is 5.44. The Hall–Kier alpha value is -0.600. The highest BCUT2D eigenvalue weighted by molar-refractivity contribution is 6.30. The van der Waals surface area contributed by atoms with Crippen molar-refractivity contribution in [2.45, 2.75) is 44.6 Å². The van der Waals surface area contributed by atoms with Crippen molar-refractivity contribution < 1.29 is 4.39 Å². The third-order valence-electron chi connectivity index (χ3n) is 3.73. The lowest BCUT2D eigenvalue weighted by Crippen LogP contribution is -2.33. The van der Waals surface area contributed by atoms with Crippen molar-refractivity contribution in [1.29, 1.82) is 0 Å². The number of nitrogens with two attached hydrogens (primary N) is 1. The Bertz CT molecular complexity index is 374. The van der Waals surface area contributed by atoms with Crippen LogP contribution in [0.5, 0.6) is 0 Å². The van der Waals surface area contributed by atoms with Gasteiger partial charge < -0.3 is 5.73 Å². The van der Waals surface area contributed by atoms with Crippen LogP contribution in [0.2, 0.25) is 5.02 Å². The van der Waals surface area contributed by atoms with Crippen LogP contribution in [0.3, 0.4) is 0 Å². The minimum Gasteiger partial charge on any atom is -0.327 e. The maximum absolute atomic E-state index is 13.6. The standard InChI is InChI=1S/C14H19ClFN/c15-12-7-6-11(13(16)9-12)8-14(17)10-4-2-1-3-5-10/h6-7,9-10,14H,1-5,8,17H2. The molecule has 2 N–H and O–H groups in total. The van der Waals surface area contributed by atoms with Crippen LogP contribution in [0, 0.1) is 11.7 Å². The van der Waals surface area contributed by atoms with Crippen LogP contribution in [-0.2, 0) is 6.42 Å². The first kappa shape index (κ1) is 12.8. The summed E-state index contributed by atoms with van der Waals surface area (Å²) in [7, 11) is 0. The van der Waals surface area contributed by atoms with Gasteiger partial charge in [-0.05, 0) is 42.9 Å². The maximum atomic E-state index is 13.6. The van der Waals surface area contributed by atoms with Gasteiger partial charge in [0.2, 0.25) is 0 Å². The molecule has 1 unspecified atom stereocenters. The molecule has 2 rings (SSSR count). The second kappa shape index (κ2) is 5.83. The Balaban J connectivity index is 1.99. The summed E-state index contributed by atoms with van der Waals surface area (Å²) < 4.78 is 13.6. The molecule has 0 heterocycles. The van der Waals surface area contributed by atoms with Gasteiger partial charge in [0.1, 0.15) is 5.82 Å². The summed E-state index contributed by atoms with van der Waals surface area (Å²) in [5.74, 6) is 0.322. The van der Waals surface area contributed by atoms with Gasteiger partial charge in [-0.2, -0.15) is 0 Å². The third kappa shape index (κ3) is 3.43. The van der Waals surface area contributed by atoms with E-state index >= 15 is 0 Å². The van der Waals surface area contributed by atoms with E-state index in [0.717, 1.165) is 0 Å². The Labute approximate surface area is 107 Å². The third-order valence-corrected chi connectivity index (χ3v) is 3.96. The molecule has 1 saturated carbocycles. The van der Waals surface area contributed by atoms with E-state index in [9.17, 15) is 4.39 Å². The fraction of sp³-hybridized carbons (Fsp3) is 0.571. The molecule has 1 fully saturated rings. The van der Waals surface area contributed by atoms with Gasteiger partial charge in [-0.15, -0.1) is 0 Å². The fourth-order valence-corrected chi connectivity index (χ4v) is 2.83. The molecule has 0 aliphatic heterocycles. The Morgan fingerprint density at radius 1 is 1.29 bits per heavy atom. The number of halogens is 2. The molecule has 1 nitrogen and oxygen atoms in total. The second-order valence-electron chi connectivity index (χ2n) is 5.00. The predicted octanol–water partition coefficient (Wildman–Crippen LogP) is 3.93. The van der Waals surface area contributed by atoms with Crippen molar-refractivity contribution in [3.8, 4) is 0 Å². The number of rotatable bonds is 3. The maximum Gasteiger partial charge on any atom is 0.127 e. The summed E-state index contributed by atoms with van der Waals surface area (Å²) in [6.45, 7) is 0. The fourth-order valence-electron chi connectivity index (χ4n) is 2.67. The zero-order valence-corrected chi connectivity index (χ0v) is 10.7. The van der Waals surface area contributed by atoms with Gasteiger partial charge in [-0.25, -0.2) is 4.39 Å². The van der Waals surface area contributed by atoms with Crippen molar-refractivity contribution in [3.63, 3.8) is 0 Å². The molecule has 1 atom stereocenters. The molecule has 17 heavy (non-hydrogen) atoms. The van der Waals surface area contributed by atoms with Crippen LogP contribution in [0.25, 0.3) is 0 Å². The predicted molar refractivity (Wildman–Crippen MR) is 69.7 cm³/mol. The zero-order valence-electron chi connectivity index (χ0n) is 9.96. The monoisotopic (exact) mass is 255 g/mol. The SMILES string of the molecule is NC(Cc1ccc(Cl)cc1F)C1CCCCC1. The van der Waals surface area contributed by atoms with Crippen LogP contribution in [0.15, 0.2) is 18.2 Å². The van der Waals surface area contributed by atoms with E-state index in [1.165, 1.54) is 38.2 Å². The molecular formula is C14H19ClFN. The zero-order chi connectivity index (χ0) is 12.3. The van der Waals surface area contributed by atoms with E-state index in [2.05, 4.69) is 0 Å². The summed E-state index contributed by atoms with van der Waals surface area (Å²) in [6.07, 6.45) is 6.85. The summed E-state index contributed by atoms with van der Waals surface area (Å²) in [5.41, 5.74) is 6.88. The highest BCUT2D eigenvalue weighted by Crippen LogP contribution is 2.27. The summed E-state index contributed by atoms with van der Waals surface area (Å²) in [5, 5.41) is 0.442. The molecule has 0 saturated heterocycles. The lowest BCUT2D eigenvalue weighted by Gasteiger charge is -2.27. The molecule has 94 valence electrons. The van der Waals surface area contributed by atoms with Gasteiger partial charge in [-0.3, -0.25) is 0 Å². The van der Waals surface area contributed by atoms with Crippen molar-refractivity contribution >= 4 is 11.6 Å². The minimum absolute atomic E-state index is 0.0750. The molecular weight excluding hydrogens is 237 g/mol. The minimum atomic E-state index is -0.233. The summed E-state index contributed by atoms with van der Waals surface area (Å²) in [4.78, 5) is 0. The lowest BCUT2D eigenvalue weighted by atomic mass is 9.82. The van der Waals surface area contributed by atoms with E-state index in [4.69, 9.17) is 17.3 Å². The van der Waals surface area contributed by atoms with E-state index < -0.39 is 0 Å². The largest absolute Gasteiger partial charge is 0.327 e. The van der Waals surface area contributed by atoms with E-state index in [1.807, 2.05) is 0 Å². The molecule has 3 heteroatoms. The van der Waals surface area contributed by atoms with Crippen LogP contribution in [-0.4, -0.2) is 6.04 Å². The van der Waals surface area contributed by atoms with Gasteiger partial charge in [0.25, 0.3) is 0 Å². The lowest BCUT2D eigenvalue weighted by molar-refractivity contribution is 0.302. The van der Waals surface area contributed by atoms with E-state index in [-0.39, 0.29) is 11.9 Å². The molecule has 0 aromatic heterocycles. The summed E-state index contributed by atoms with van der Waals surface area (Å²) in [6, 6.07) is 4.92. The average molecular weight is 256 g/mol. The molecule has 1 aromatic carbocycles. The van der Waals surface area contributed by atoms with Crippen molar-refractivity contribution in [3.05, 3.63) is 34.6 Å². The number of hydrogen-bond donors (Lipinski definition) is 1. The van der Waals surface area contributed by atoms with Gasteiger partial charge in [-0.1, -0.05) is 36.9 Å². The molecule has 1 aromatic rings. The molecule has 0 amide bonds. The molecule has 1 aliphatic rings. The Kier molecular flexibility index (Phi) is 4.41. The van der Waals surface area contributed by atoms with Crippen molar-refractivity contribution in [2.75, 3.05) is 0 Å². The molecule has 0 spiro atoms. The Morgan fingerprint density at radius 2 is 2.00 bits per heavy atom. The topological polar surface area (TPSA) is 26.0 Å². The number of hydrogen-bond acceptors (Lipinski definition) is 1. The van der Waals surface area contributed by atoms with E-state index in [1.54, 1.807) is 12.1 Å². The van der Waals surface area contributed by atoms with Crippen LogP contribution < -0.4 is 5.73 Å². The van der Waals surface area contributed by atoms with Gasteiger partial charge >= 0.3 is 0 Å². The number of benzene rings is 1. The van der Waals surface area contributed by atoms with Crippen LogP contribution in [0.4, 0.5) is 4.39 Å². The molecule has 0 radical (unpaired) electrons. The van der Waals surface area contributed by atoms with E-state index in [0.29, 0.717) is 22.9 Å². The first-order valence-corrected chi connectivity index (χ1v) is 6.74. The van der Waals surface area contributed by atoms with Gasteiger partial charge in [0, 0.05) is 11.1 Å². The van der Waals surface area contributed by atoms with Crippen LogP contribution in [0.1, 0.15) is 37.7 Å². The van der Waals surface area contributed by atoms with Crippen LogP contribution >= 0.6 is 11.6 Å². The summed E-state index contributed by atoms with van der Waals surface area (Å²) >= 11 is 5.73. The normalized spacial score (nSPS) is 19.2. The quantitative estimate of drug-likeness (QED) is 0.870. The highest BCUT2D eigenvalue weighted by atomic mass is 35.5. The van der Waals surface area contributed by atoms with Crippen molar-refractivity contribution in [1.82, 2.24) is 0 Å². The molecule has 1 aliphatic carbocycles. The van der Waals surface area contributed by atoms with Crippen molar-refractivity contribution in [2.24, 2.45) is 11.7 Å². The average Bonchev–Trinajstić information content (AvgIpc) is 2.34. The molecule has 0 bridgehead atoms. The smallest absolute Gasteiger partial charge is 0.127 e. The first-order chi connectivity index (χ1) is 8.16. The van der Waals surface area contributed by atoms with Gasteiger partial charge in [0.05, 0.1) is 0 Å². The van der Waals surface area contributed by atoms with Gasteiger partial charge in [0.15, 0.2) is 0 Å². The first-order valence-electron chi connectivity index (χ1n) is 6.36.